The van der Waals surface area contributed by atoms with Crippen LogP contribution < -0.4 is 5.32 Å². The predicted molar refractivity (Wildman–Crippen MR) is 78.4 cm³/mol. The van der Waals surface area contributed by atoms with Crippen molar-refractivity contribution < 1.29 is 4.42 Å². The number of nitrogens with zero attached hydrogens (tertiary/aromatic N) is 3. The van der Waals surface area contributed by atoms with Crippen LogP contribution in [0.5, 0.6) is 0 Å². The summed E-state index contributed by atoms with van der Waals surface area (Å²) < 4.78 is 5.36. The van der Waals surface area contributed by atoms with Gasteiger partial charge in [0.05, 0.1) is 11.6 Å². The lowest BCUT2D eigenvalue weighted by Gasteiger charge is -2.21. The second-order valence-corrected chi connectivity index (χ2v) is 5.64. The Balaban J connectivity index is 2.09. The summed E-state index contributed by atoms with van der Waals surface area (Å²) in [5.41, 5.74) is 1.35. The number of hydrogen-bond acceptors (Lipinski definition) is 5. The van der Waals surface area contributed by atoms with Crippen molar-refractivity contribution in [2.75, 3.05) is 5.32 Å². The molecular formula is C15H16N4O. The van der Waals surface area contributed by atoms with Crippen LogP contribution in [-0.4, -0.2) is 20.5 Å². The Labute approximate surface area is 117 Å². The Hall–Kier alpha value is -2.43. The first-order valence-corrected chi connectivity index (χ1v) is 6.47. The van der Waals surface area contributed by atoms with Crippen LogP contribution in [0, 0.1) is 0 Å². The predicted octanol–water partition coefficient (Wildman–Crippen LogP) is 3.50. The van der Waals surface area contributed by atoms with Crippen LogP contribution in [0.25, 0.3) is 22.5 Å². The third-order valence-electron chi connectivity index (χ3n) is 2.76. The van der Waals surface area contributed by atoms with Crippen LogP contribution in [0.3, 0.4) is 0 Å². The SMILES string of the molecule is CC(C)(C)Nc1ncnc2nc(-c3ccco3)ccc12. The molecule has 0 saturated heterocycles. The number of rotatable bonds is 2. The summed E-state index contributed by atoms with van der Waals surface area (Å²) >= 11 is 0. The number of anilines is 1. The van der Waals surface area contributed by atoms with E-state index in [9.17, 15) is 0 Å². The number of hydrogen-bond donors (Lipinski definition) is 1. The molecule has 0 atom stereocenters. The van der Waals surface area contributed by atoms with Crippen LogP contribution in [0.1, 0.15) is 20.8 Å². The highest BCUT2D eigenvalue weighted by atomic mass is 16.3. The molecule has 102 valence electrons. The Morgan fingerprint density at radius 3 is 2.65 bits per heavy atom. The van der Waals surface area contributed by atoms with Gasteiger partial charge in [0.1, 0.15) is 17.8 Å². The summed E-state index contributed by atoms with van der Waals surface area (Å²) in [5, 5.41) is 4.26. The molecule has 5 nitrogen and oxygen atoms in total. The van der Waals surface area contributed by atoms with Gasteiger partial charge in [0.25, 0.3) is 0 Å². The second kappa shape index (κ2) is 4.59. The van der Waals surface area contributed by atoms with Crippen molar-refractivity contribution in [1.82, 2.24) is 15.0 Å². The minimum Gasteiger partial charge on any atom is -0.463 e. The highest BCUT2D eigenvalue weighted by molar-refractivity contribution is 5.87. The topological polar surface area (TPSA) is 63.8 Å². The quantitative estimate of drug-likeness (QED) is 0.770. The van der Waals surface area contributed by atoms with E-state index in [2.05, 4.69) is 41.0 Å². The molecule has 0 aliphatic rings. The normalized spacial score (nSPS) is 11.8. The van der Waals surface area contributed by atoms with E-state index in [4.69, 9.17) is 4.42 Å². The maximum absolute atomic E-state index is 5.36. The Kier molecular flexibility index (Phi) is 2.89. The van der Waals surface area contributed by atoms with Gasteiger partial charge in [-0.2, -0.15) is 0 Å². The van der Waals surface area contributed by atoms with Crippen LogP contribution >= 0.6 is 0 Å². The molecule has 0 aliphatic heterocycles. The fourth-order valence-electron chi connectivity index (χ4n) is 1.96. The Morgan fingerprint density at radius 1 is 1.10 bits per heavy atom. The fourth-order valence-corrected chi connectivity index (χ4v) is 1.96. The van der Waals surface area contributed by atoms with E-state index in [0.29, 0.717) is 5.65 Å². The number of furan rings is 1. The number of fused-ring (bicyclic) bond motifs is 1. The van der Waals surface area contributed by atoms with Gasteiger partial charge in [-0.25, -0.2) is 15.0 Å². The molecule has 0 bridgehead atoms. The zero-order valence-corrected chi connectivity index (χ0v) is 11.7. The lowest BCUT2D eigenvalue weighted by atomic mass is 10.1. The molecule has 1 N–H and O–H groups in total. The van der Waals surface area contributed by atoms with Crippen LogP contribution in [0.2, 0.25) is 0 Å². The van der Waals surface area contributed by atoms with E-state index < -0.39 is 0 Å². The summed E-state index contributed by atoms with van der Waals surface area (Å²) in [6.45, 7) is 6.27. The van der Waals surface area contributed by atoms with Gasteiger partial charge < -0.3 is 9.73 Å². The maximum Gasteiger partial charge on any atom is 0.165 e. The molecule has 3 heterocycles. The molecule has 5 heteroatoms. The van der Waals surface area contributed by atoms with E-state index in [1.54, 1.807) is 6.26 Å². The summed E-state index contributed by atoms with van der Waals surface area (Å²) in [4.78, 5) is 13.1. The number of pyridine rings is 1. The molecule has 0 aromatic carbocycles. The van der Waals surface area contributed by atoms with Gasteiger partial charge in [0, 0.05) is 5.54 Å². The molecule has 0 spiro atoms. The molecule has 0 fully saturated rings. The minimum atomic E-state index is -0.0685. The number of aromatic nitrogens is 3. The van der Waals surface area contributed by atoms with Crippen molar-refractivity contribution in [3.8, 4) is 11.5 Å². The first-order chi connectivity index (χ1) is 9.53. The summed E-state index contributed by atoms with van der Waals surface area (Å²) in [7, 11) is 0. The Bertz CT molecular complexity index is 729. The van der Waals surface area contributed by atoms with Crippen molar-refractivity contribution in [2.24, 2.45) is 0 Å². The third-order valence-corrected chi connectivity index (χ3v) is 2.76. The molecule has 0 radical (unpaired) electrons. The average molecular weight is 268 g/mol. The van der Waals surface area contributed by atoms with Gasteiger partial charge in [0.2, 0.25) is 0 Å². The van der Waals surface area contributed by atoms with Crippen molar-refractivity contribution in [3.63, 3.8) is 0 Å². The van der Waals surface area contributed by atoms with Gasteiger partial charge in [0.15, 0.2) is 11.4 Å². The van der Waals surface area contributed by atoms with E-state index >= 15 is 0 Å². The molecule has 3 rings (SSSR count). The zero-order valence-electron chi connectivity index (χ0n) is 11.7. The van der Waals surface area contributed by atoms with Gasteiger partial charge in [-0.1, -0.05) is 0 Å². The first-order valence-electron chi connectivity index (χ1n) is 6.47. The van der Waals surface area contributed by atoms with E-state index in [0.717, 1.165) is 22.7 Å². The highest BCUT2D eigenvalue weighted by Gasteiger charge is 2.14. The monoisotopic (exact) mass is 268 g/mol. The fraction of sp³-hybridized carbons (Fsp3) is 0.267. The van der Waals surface area contributed by atoms with E-state index in [1.807, 2.05) is 24.3 Å². The van der Waals surface area contributed by atoms with Gasteiger partial charge in [-0.15, -0.1) is 0 Å². The van der Waals surface area contributed by atoms with Crippen LogP contribution in [0.4, 0.5) is 5.82 Å². The second-order valence-electron chi connectivity index (χ2n) is 5.64. The van der Waals surface area contributed by atoms with Gasteiger partial charge in [-0.3, -0.25) is 0 Å². The van der Waals surface area contributed by atoms with Crippen LogP contribution in [0.15, 0.2) is 41.3 Å². The first kappa shape index (κ1) is 12.6. The highest BCUT2D eigenvalue weighted by Crippen LogP contribution is 2.24. The molecular weight excluding hydrogens is 252 g/mol. The van der Waals surface area contributed by atoms with Crippen molar-refractivity contribution in [3.05, 3.63) is 36.9 Å². The van der Waals surface area contributed by atoms with Gasteiger partial charge in [-0.05, 0) is 45.0 Å². The smallest absolute Gasteiger partial charge is 0.165 e. The molecule has 0 unspecified atom stereocenters. The lowest BCUT2D eigenvalue weighted by molar-refractivity contribution is 0.580. The van der Waals surface area contributed by atoms with E-state index in [-0.39, 0.29) is 5.54 Å². The third kappa shape index (κ3) is 2.47. The summed E-state index contributed by atoms with van der Waals surface area (Å²) in [6, 6.07) is 7.60. The van der Waals surface area contributed by atoms with E-state index in [1.165, 1.54) is 6.33 Å². The molecule has 3 aromatic rings. The van der Waals surface area contributed by atoms with Crippen molar-refractivity contribution >= 4 is 16.9 Å². The summed E-state index contributed by atoms with van der Waals surface area (Å²) in [6.07, 6.45) is 3.16. The molecule has 0 saturated carbocycles. The largest absolute Gasteiger partial charge is 0.463 e. The molecule has 3 aromatic heterocycles. The molecule has 20 heavy (non-hydrogen) atoms. The Morgan fingerprint density at radius 2 is 1.95 bits per heavy atom. The van der Waals surface area contributed by atoms with Crippen molar-refractivity contribution in [1.29, 1.82) is 0 Å². The number of nitrogens with one attached hydrogen (secondary N) is 1. The zero-order chi connectivity index (χ0) is 14.2. The minimum absolute atomic E-state index is 0.0685. The lowest BCUT2D eigenvalue weighted by Crippen LogP contribution is -2.26. The standard InChI is InChI=1S/C15H16N4O/c1-15(2,3)19-14-10-6-7-11(12-5-4-8-20-12)18-13(10)16-9-17-14/h4-9H,1-3H3,(H,16,17,18,19). The van der Waals surface area contributed by atoms with Crippen LogP contribution in [-0.2, 0) is 0 Å². The van der Waals surface area contributed by atoms with Gasteiger partial charge >= 0.3 is 0 Å². The maximum atomic E-state index is 5.36. The average Bonchev–Trinajstić information content (AvgIpc) is 2.90. The molecule has 0 amide bonds. The summed E-state index contributed by atoms with van der Waals surface area (Å²) in [5.74, 6) is 1.52. The molecule has 0 aliphatic carbocycles. The van der Waals surface area contributed by atoms with Crippen molar-refractivity contribution in [2.45, 2.75) is 26.3 Å².